The monoisotopic (exact) mass is 329 g/mol. The summed E-state index contributed by atoms with van der Waals surface area (Å²) in [7, 11) is 1.75. The van der Waals surface area contributed by atoms with E-state index in [-0.39, 0.29) is 0 Å². The second-order valence-electron chi connectivity index (χ2n) is 5.20. The van der Waals surface area contributed by atoms with Crippen LogP contribution in [0.2, 0.25) is 0 Å². The number of aromatic nitrogens is 2. The molecule has 0 aliphatic carbocycles. The van der Waals surface area contributed by atoms with E-state index < -0.39 is 0 Å². The van der Waals surface area contributed by atoms with Crippen molar-refractivity contribution in [2.45, 2.75) is 12.8 Å². The third-order valence-electron chi connectivity index (χ3n) is 3.54. The number of anilines is 2. The predicted octanol–water partition coefficient (Wildman–Crippen LogP) is 2.79. The van der Waals surface area contributed by atoms with Crippen molar-refractivity contribution < 1.29 is 4.74 Å². The highest BCUT2D eigenvalue weighted by Gasteiger charge is 2.17. The first-order valence-electron chi connectivity index (χ1n) is 7.60. The smallest absolute Gasteiger partial charge is 0.234 e. The van der Waals surface area contributed by atoms with E-state index in [0.717, 1.165) is 24.7 Å². The van der Waals surface area contributed by atoms with Crippen molar-refractivity contribution in [3.8, 4) is 11.6 Å². The van der Waals surface area contributed by atoms with Gasteiger partial charge in [0.2, 0.25) is 11.8 Å². The summed E-state index contributed by atoms with van der Waals surface area (Å²) in [5.41, 5.74) is 0. The van der Waals surface area contributed by atoms with Crippen LogP contribution in [0.25, 0.3) is 0 Å². The van der Waals surface area contributed by atoms with Gasteiger partial charge in [0.25, 0.3) is 0 Å². The number of nitrogens with one attached hydrogen (secondary N) is 2. The fraction of sp³-hybridized carbons (Fsp3) is 0.312. The molecule has 0 amide bonds. The average Bonchev–Trinajstić information content (AvgIpc) is 3.10. The summed E-state index contributed by atoms with van der Waals surface area (Å²) in [5, 5.41) is 6.30. The van der Waals surface area contributed by atoms with E-state index in [1.54, 1.807) is 7.05 Å². The van der Waals surface area contributed by atoms with E-state index in [0.29, 0.717) is 16.9 Å². The molecule has 1 aliphatic heterocycles. The zero-order valence-corrected chi connectivity index (χ0v) is 13.8. The van der Waals surface area contributed by atoms with Crippen LogP contribution in [0.3, 0.4) is 0 Å². The van der Waals surface area contributed by atoms with E-state index in [1.165, 1.54) is 12.8 Å². The van der Waals surface area contributed by atoms with Gasteiger partial charge in [-0.2, -0.15) is 9.97 Å². The van der Waals surface area contributed by atoms with Crippen molar-refractivity contribution >= 4 is 29.1 Å². The molecule has 0 saturated carbocycles. The molecule has 0 radical (unpaired) electrons. The molecule has 2 N–H and O–H groups in total. The van der Waals surface area contributed by atoms with Crippen LogP contribution in [-0.2, 0) is 0 Å². The molecular formula is C16H19N5OS. The maximum absolute atomic E-state index is 5.85. The molecule has 23 heavy (non-hydrogen) atoms. The molecule has 0 atom stereocenters. The standard InChI is InChI=1S/C16H19N5OS/c1-17-16(23)20-15-18-13(21-9-5-6-10-21)11-14(19-15)22-12-7-3-2-4-8-12/h2-4,7-8,11H,5-6,9-10H2,1H3,(H2,17,18,19,20,23). The Labute approximate surface area is 140 Å². The first-order valence-corrected chi connectivity index (χ1v) is 8.01. The molecule has 1 aliphatic rings. The molecular weight excluding hydrogens is 310 g/mol. The molecule has 1 aromatic heterocycles. The van der Waals surface area contributed by atoms with Crippen LogP contribution in [0.4, 0.5) is 11.8 Å². The summed E-state index contributed by atoms with van der Waals surface area (Å²) in [5.74, 6) is 2.51. The van der Waals surface area contributed by atoms with Gasteiger partial charge in [-0.25, -0.2) is 0 Å². The zero-order valence-electron chi connectivity index (χ0n) is 13.0. The van der Waals surface area contributed by atoms with E-state index in [9.17, 15) is 0 Å². The normalized spacial score (nSPS) is 13.7. The van der Waals surface area contributed by atoms with E-state index in [1.807, 2.05) is 36.4 Å². The lowest BCUT2D eigenvalue weighted by molar-refractivity contribution is 0.462. The Bertz CT molecular complexity index is 673. The fourth-order valence-corrected chi connectivity index (χ4v) is 2.49. The molecule has 1 fully saturated rings. The molecule has 120 valence electrons. The summed E-state index contributed by atoms with van der Waals surface area (Å²) < 4.78 is 5.85. The molecule has 1 saturated heterocycles. The number of hydrogen-bond acceptors (Lipinski definition) is 5. The molecule has 1 aromatic carbocycles. The van der Waals surface area contributed by atoms with Crippen LogP contribution < -0.4 is 20.3 Å². The third-order valence-corrected chi connectivity index (χ3v) is 3.84. The lowest BCUT2D eigenvalue weighted by Gasteiger charge is -2.18. The number of rotatable bonds is 4. The Morgan fingerprint density at radius 1 is 1.17 bits per heavy atom. The molecule has 2 heterocycles. The van der Waals surface area contributed by atoms with E-state index in [4.69, 9.17) is 17.0 Å². The Kier molecular flexibility index (Phi) is 4.87. The highest BCUT2D eigenvalue weighted by molar-refractivity contribution is 7.80. The lowest BCUT2D eigenvalue weighted by Crippen LogP contribution is -2.26. The Balaban J connectivity index is 1.88. The van der Waals surface area contributed by atoms with Gasteiger partial charge in [0.05, 0.1) is 0 Å². The molecule has 0 unspecified atom stereocenters. The predicted molar refractivity (Wildman–Crippen MR) is 95.3 cm³/mol. The number of para-hydroxylation sites is 1. The Hall–Kier alpha value is -2.41. The van der Waals surface area contributed by atoms with Gasteiger partial charge < -0.3 is 20.3 Å². The molecule has 0 bridgehead atoms. The number of nitrogens with zero attached hydrogens (tertiary/aromatic N) is 3. The molecule has 0 spiro atoms. The van der Waals surface area contributed by atoms with Gasteiger partial charge in [-0.3, -0.25) is 0 Å². The second-order valence-corrected chi connectivity index (χ2v) is 5.61. The molecule has 2 aromatic rings. The van der Waals surface area contributed by atoms with Gasteiger partial charge in [0, 0.05) is 26.2 Å². The van der Waals surface area contributed by atoms with Crippen molar-refractivity contribution in [3.63, 3.8) is 0 Å². The van der Waals surface area contributed by atoms with Crippen LogP contribution in [-0.4, -0.2) is 35.2 Å². The fourth-order valence-electron chi connectivity index (χ4n) is 2.40. The Morgan fingerprint density at radius 3 is 2.61 bits per heavy atom. The van der Waals surface area contributed by atoms with E-state index in [2.05, 4.69) is 25.5 Å². The summed E-state index contributed by atoms with van der Waals surface area (Å²) >= 11 is 5.13. The minimum Gasteiger partial charge on any atom is -0.439 e. The van der Waals surface area contributed by atoms with Crippen LogP contribution in [0, 0.1) is 0 Å². The van der Waals surface area contributed by atoms with Crippen LogP contribution in [0.5, 0.6) is 11.6 Å². The zero-order chi connectivity index (χ0) is 16.1. The van der Waals surface area contributed by atoms with Gasteiger partial charge in [0.15, 0.2) is 5.11 Å². The van der Waals surface area contributed by atoms with Gasteiger partial charge in [0.1, 0.15) is 11.6 Å². The highest BCUT2D eigenvalue weighted by Crippen LogP contribution is 2.26. The highest BCUT2D eigenvalue weighted by atomic mass is 32.1. The number of thiocarbonyl (C=S) groups is 1. The molecule has 3 rings (SSSR count). The van der Waals surface area contributed by atoms with Gasteiger partial charge in [-0.15, -0.1) is 0 Å². The first-order chi connectivity index (χ1) is 11.2. The maximum Gasteiger partial charge on any atom is 0.234 e. The summed E-state index contributed by atoms with van der Waals surface area (Å²) in [6.45, 7) is 2.00. The van der Waals surface area contributed by atoms with Crippen LogP contribution in [0.15, 0.2) is 36.4 Å². The van der Waals surface area contributed by atoms with Crippen molar-refractivity contribution in [3.05, 3.63) is 36.4 Å². The number of ether oxygens (including phenoxy) is 1. The largest absolute Gasteiger partial charge is 0.439 e. The van der Waals surface area contributed by atoms with Gasteiger partial charge in [-0.05, 0) is 37.2 Å². The lowest BCUT2D eigenvalue weighted by atomic mass is 10.3. The second kappa shape index (κ2) is 7.23. The van der Waals surface area contributed by atoms with Crippen molar-refractivity contribution in [2.75, 3.05) is 30.4 Å². The van der Waals surface area contributed by atoms with Crippen LogP contribution in [0.1, 0.15) is 12.8 Å². The van der Waals surface area contributed by atoms with Gasteiger partial charge in [-0.1, -0.05) is 18.2 Å². The minimum atomic E-state index is 0.430. The minimum absolute atomic E-state index is 0.430. The van der Waals surface area contributed by atoms with E-state index >= 15 is 0 Å². The third kappa shape index (κ3) is 4.07. The van der Waals surface area contributed by atoms with Crippen LogP contribution >= 0.6 is 12.2 Å². The first kappa shape index (κ1) is 15.5. The van der Waals surface area contributed by atoms with Gasteiger partial charge >= 0.3 is 0 Å². The molecule has 6 nitrogen and oxygen atoms in total. The quantitative estimate of drug-likeness (QED) is 0.836. The van der Waals surface area contributed by atoms with Crippen molar-refractivity contribution in [1.82, 2.24) is 15.3 Å². The average molecular weight is 329 g/mol. The Morgan fingerprint density at radius 2 is 1.91 bits per heavy atom. The SMILES string of the molecule is CNC(=S)Nc1nc(Oc2ccccc2)cc(N2CCCC2)n1. The van der Waals surface area contributed by atoms with Crippen molar-refractivity contribution in [1.29, 1.82) is 0 Å². The number of hydrogen-bond donors (Lipinski definition) is 2. The summed E-state index contributed by atoms with van der Waals surface area (Å²) in [6.07, 6.45) is 2.35. The topological polar surface area (TPSA) is 62.3 Å². The summed E-state index contributed by atoms with van der Waals surface area (Å²) in [6, 6.07) is 11.4. The van der Waals surface area contributed by atoms with Crippen molar-refractivity contribution in [2.24, 2.45) is 0 Å². The molecule has 7 heteroatoms. The maximum atomic E-state index is 5.85. The summed E-state index contributed by atoms with van der Waals surface area (Å²) in [4.78, 5) is 11.2. The number of benzene rings is 1.